The van der Waals surface area contributed by atoms with Gasteiger partial charge in [-0.2, -0.15) is 11.8 Å². The zero-order chi connectivity index (χ0) is 11.5. The fraction of sp³-hybridized carbons (Fsp3) is 0.538. The van der Waals surface area contributed by atoms with Crippen LogP contribution in [-0.2, 0) is 0 Å². The standard InChI is InChI=1S/C13H19NOS/c1-9-6-10(2)13(15-3)11(7-9)12-8-14-4-5-16-12/h6-7,12,14H,4-5,8H2,1-3H3. The number of nitrogens with one attached hydrogen (secondary N) is 1. The molecule has 0 bridgehead atoms. The van der Waals surface area contributed by atoms with Gasteiger partial charge in [-0.25, -0.2) is 0 Å². The predicted octanol–water partition coefficient (Wildman–Crippen LogP) is 2.69. The Morgan fingerprint density at radius 3 is 2.81 bits per heavy atom. The summed E-state index contributed by atoms with van der Waals surface area (Å²) in [5, 5.41) is 3.98. The largest absolute Gasteiger partial charge is 0.496 e. The van der Waals surface area contributed by atoms with E-state index in [1.807, 2.05) is 11.8 Å². The summed E-state index contributed by atoms with van der Waals surface area (Å²) in [6, 6.07) is 4.44. The Hall–Kier alpha value is -0.670. The molecule has 88 valence electrons. The van der Waals surface area contributed by atoms with E-state index >= 15 is 0 Å². The van der Waals surface area contributed by atoms with Crippen LogP contribution in [0.25, 0.3) is 0 Å². The average molecular weight is 237 g/mol. The molecule has 1 N–H and O–H groups in total. The van der Waals surface area contributed by atoms with Gasteiger partial charge in [-0.15, -0.1) is 0 Å². The number of thioether (sulfide) groups is 1. The molecule has 3 heteroatoms. The fourth-order valence-corrected chi connectivity index (χ4v) is 3.41. The van der Waals surface area contributed by atoms with Crippen molar-refractivity contribution >= 4 is 11.8 Å². The number of benzene rings is 1. The number of ether oxygens (including phenoxy) is 1. The van der Waals surface area contributed by atoms with E-state index in [1.165, 1.54) is 22.4 Å². The number of hydrogen-bond acceptors (Lipinski definition) is 3. The quantitative estimate of drug-likeness (QED) is 0.854. The molecule has 0 spiro atoms. The Labute approximate surface area is 102 Å². The number of rotatable bonds is 2. The Morgan fingerprint density at radius 1 is 1.38 bits per heavy atom. The fourth-order valence-electron chi connectivity index (χ4n) is 2.27. The second-order valence-electron chi connectivity index (χ2n) is 4.27. The molecule has 1 fully saturated rings. The minimum Gasteiger partial charge on any atom is -0.496 e. The van der Waals surface area contributed by atoms with Gasteiger partial charge in [0, 0.05) is 29.7 Å². The van der Waals surface area contributed by atoms with Crippen LogP contribution in [0.1, 0.15) is 21.9 Å². The van der Waals surface area contributed by atoms with E-state index in [4.69, 9.17) is 4.74 Å². The van der Waals surface area contributed by atoms with Gasteiger partial charge in [0.25, 0.3) is 0 Å². The van der Waals surface area contributed by atoms with Gasteiger partial charge in [-0.1, -0.05) is 17.7 Å². The van der Waals surface area contributed by atoms with Crippen molar-refractivity contribution in [2.24, 2.45) is 0 Å². The van der Waals surface area contributed by atoms with Crippen LogP contribution in [0.5, 0.6) is 5.75 Å². The summed E-state index contributed by atoms with van der Waals surface area (Å²) in [5.41, 5.74) is 3.90. The Bertz CT molecular complexity index is 372. The third-order valence-electron chi connectivity index (χ3n) is 2.93. The van der Waals surface area contributed by atoms with Gasteiger partial charge in [0.1, 0.15) is 5.75 Å². The maximum Gasteiger partial charge on any atom is 0.126 e. The SMILES string of the molecule is COc1c(C)cc(C)cc1C1CNCCS1. The summed E-state index contributed by atoms with van der Waals surface area (Å²) < 4.78 is 5.54. The van der Waals surface area contributed by atoms with Gasteiger partial charge in [0.05, 0.1) is 7.11 Å². The maximum absolute atomic E-state index is 5.54. The lowest BCUT2D eigenvalue weighted by atomic mass is 10.0. The van der Waals surface area contributed by atoms with Gasteiger partial charge in [0.15, 0.2) is 0 Å². The number of methoxy groups -OCH3 is 1. The summed E-state index contributed by atoms with van der Waals surface area (Å²) in [4.78, 5) is 0. The average Bonchev–Trinajstić information content (AvgIpc) is 2.29. The second kappa shape index (κ2) is 5.11. The molecule has 0 amide bonds. The van der Waals surface area contributed by atoms with Crippen LogP contribution in [0.15, 0.2) is 12.1 Å². The van der Waals surface area contributed by atoms with Crippen molar-refractivity contribution in [2.75, 3.05) is 26.0 Å². The smallest absolute Gasteiger partial charge is 0.126 e. The first-order valence-corrected chi connectivity index (χ1v) is 6.74. The molecule has 1 aliphatic heterocycles. The summed E-state index contributed by atoms with van der Waals surface area (Å²) >= 11 is 2.02. The van der Waals surface area contributed by atoms with E-state index < -0.39 is 0 Å². The van der Waals surface area contributed by atoms with E-state index in [0.717, 1.165) is 18.8 Å². The highest BCUT2D eigenvalue weighted by Crippen LogP contribution is 2.38. The summed E-state index contributed by atoms with van der Waals surface area (Å²) in [7, 11) is 1.77. The molecule has 2 rings (SSSR count). The first-order valence-electron chi connectivity index (χ1n) is 5.70. The van der Waals surface area contributed by atoms with Gasteiger partial charge in [-0.05, 0) is 19.4 Å². The molecule has 1 aromatic rings. The van der Waals surface area contributed by atoms with Crippen LogP contribution in [0.3, 0.4) is 0 Å². The summed E-state index contributed by atoms with van der Waals surface area (Å²) in [6.45, 7) is 6.44. The second-order valence-corrected chi connectivity index (χ2v) is 5.58. The van der Waals surface area contributed by atoms with Crippen LogP contribution in [0.4, 0.5) is 0 Å². The van der Waals surface area contributed by atoms with Gasteiger partial charge < -0.3 is 10.1 Å². The van der Waals surface area contributed by atoms with Crippen LogP contribution < -0.4 is 10.1 Å². The molecule has 16 heavy (non-hydrogen) atoms. The molecule has 1 saturated heterocycles. The Morgan fingerprint density at radius 2 is 2.19 bits per heavy atom. The highest BCUT2D eigenvalue weighted by atomic mass is 32.2. The Balaban J connectivity index is 2.36. The van der Waals surface area contributed by atoms with Gasteiger partial charge in [0.2, 0.25) is 0 Å². The highest BCUT2D eigenvalue weighted by molar-refractivity contribution is 7.99. The highest BCUT2D eigenvalue weighted by Gasteiger charge is 2.20. The molecule has 0 radical (unpaired) electrons. The number of aryl methyl sites for hydroxylation is 2. The zero-order valence-electron chi connectivity index (χ0n) is 10.2. The van der Waals surface area contributed by atoms with Crippen molar-refractivity contribution < 1.29 is 4.74 Å². The minimum absolute atomic E-state index is 0.530. The van der Waals surface area contributed by atoms with Gasteiger partial charge >= 0.3 is 0 Å². The lowest BCUT2D eigenvalue weighted by molar-refractivity contribution is 0.405. The van der Waals surface area contributed by atoms with Crippen LogP contribution in [0.2, 0.25) is 0 Å². The van der Waals surface area contributed by atoms with Crippen molar-refractivity contribution in [3.8, 4) is 5.75 Å². The van der Waals surface area contributed by atoms with Crippen molar-refractivity contribution in [3.63, 3.8) is 0 Å². The lowest BCUT2D eigenvalue weighted by Crippen LogP contribution is -2.28. The van der Waals surface area contributed by atoms with Crippen molar-refractivity contribution in [1.82, 2.24) is 5.32 Å². The van der Waals surface area contributed by atoms with E-state index in [2.05, 4.69) is 31.3 Å². The van der Waals surface area contributed by atoms with Crippen molar-refractivity contribution in [2.45, 2.75) is 19.1 Å². The molecular formula is C13H19NOS. The number of hydrogen-bond donors (Lipinski definition) is 1. The van der Waals surface area contributed by atoms with E-state index in [1.54, 1.807) is 7.11 Å². The minimum atomic E-state index is 0.530. The van der Waals surface area contributed by atoms with E-state index in [-0.39, 0.29) is 0 Å². The molecule has 2 nitrogen and oxygen atoms in total. The molecule has 1 aromatic carbocycles. The predicted molar refractivity (Wildman–Crippen MR) is 70.5 cm³/mol. The third kappa shape index (κ3) is 2.36. The molecule has 1 unspecified atom stereocenters. The first-order chi connectivity index (χ1) is 7.72. The molecule has 0 aliphatic carbocycles. The third-order valence-corrected chi connectivity index (χ3v) is 4.19. The Kier molecular flexibility index (Phi) is 3.77. The zero-order valence-corrected chi connectivity index (χ0v) is 11.0. The van der Waals surface area contributed by atoms with Crippen molar-refractivity contribution in [1.29, 1.82) is 0 Å². The maximum atomic E-state index is 5.54. The van der Waals surface area contributed by atoms with Crippen LogP contribution in [-0.4, -0.2) is 26.0 Å². The molecule has 0 aromatic heterocycles. The van der Waals surface area contributed by atoms with Crippen LogP contribution >= 0.6 is 11.8 Å². The monoisotopic (exact) mass is 237 g/mol. The van der Waals surface area contributed by atoms with E-state index in [9.17, 15) is 0 Å². The summed E-state index contributed by atoms with van der Waals surface area (Å²) in [5.74, 6) is 2.24. The lowest BCUT2D eigenvalue weighted by Gasteiger charge is -2.25. The summed E-state index contributed by atoms with van der Waals surface area (Å²) in [6.07, 6.45) is 0. The molecular weight excluding hydrogens is 218 g/mol. The first kappa shape index (κ1) is 11.8. The normalized spacial score (nSPS) is 20.8. The van der Waals surface area contributed by atoms with E-state index in [0.29, 0.717) is 5.25 Å². The van der Waals surface area contributed by atoms with Crippen LogP contribution in [0, 0.1) is 13.8 Å². The van der Waals surface area contributed by atoms with Gasteiger partial charge in [-0.3, -0.25) is 0 Å². The topological polar surface area (TPSA) is 21.3 Å². The molecule has 1 atom stereocenters. The van der Waals surface area contributed by atoms with Crippen molar-refractivity contribution in [3.05, 3.63) is 28.8 Å². The molecule has 1 aliphatic rings. The molecule has 1 heterocycles. The molecule has 0 saturated carbocycles.